The maximum atomic E-state index is 13.3. The van der Waals surface area contributed by atoms with Crippen molar-refractivity contribution in [3.63, 3.8) is 0 Å². The zero-order valence-corrected chi connectivity index (χ0v) is 22.5. The molecule has 3 rings (SSSR count). The average molecular weight is 500 g/mol. The van der Waals surface area contributed by atoms with E-state index >= 15 is 0 Å². The van der Waals surface area contributed by atoms with Crippen molar-refractivity contribution in [1.29, 1.82) is 0 Å². The summed E-state index contributed by atoms with van der Waals surface area (Å²) in [6.07, 6.45) is 10.1. The predicted octanol–water partition coefficient (Wildman–Crippen LogP) is 6.51. The van der Waals surface area contributed by atoms with E-state index in [1.807, 2.05) is 56.3 Å². The van der Waals surface area contributed by atoms with E-state index in [9.17, 15) is 14.7 Å². The fraction of sp³-hybridized carbons (Fsp3) is 0.600. The zero-order chi connectivity index (χ0) is 25.6. The van der Waals surface area contributed by atoms with Gasteiger partial charge in [0.2, 0.25) is 5.91 Å². The fourth-order valence-corrected chi connectivity index (χ4v) is 5.76. The van der Waals surface area contributed by atoms with Crippen LogP contribution in [0, 0.1) is 17.3 Å². The van der Waals surface area contributed by atoms with Crippen molar-refractivity contribution in [2.75, 3.05) is 0 Å². The number of nitrogens with one attached hydrogen (secondary N) is 1. The number of aryl methyl sites for hydroxylation is 1. The Bertz CT molecular complexity index is 950. The number of rotatable bonds is 9. The zero-order valence-electron chi connectivity index (χ0n) is 21.8. The van der Waals surface area contributed by atoms with E-state index in [1.165, 1.54) is 0 Å². The molecule has 0 heterocycles. The second-order valence-corrected chi connectivity index (χ2v) is 11.9. The Balaban J connectivity index is 1.60. The predicted molar refractivity (Wildman–Crippen MR) is 143 cm³/mol. The van der Waals surface area contributed by atoms with Gasteiger partial charge in [-0.15, -0.1) is 0 Å². The third-order valence-electron chi connectivity index (χ3n) is 8.14. The van der Waals surface area contributed by atoms with Gasteiger partial charge in [-0.3, -0.25) is 9.59 Å². The molecule has 1 fully saturated rings. The third kappa shape index (κ3) is 7.07. The lowest BCUT2D eigenvalue weighted by Gasteiger charge is -2.44. The SMILES string of the molecule is CC(C)C(NC(=O)CCc1ccccc1)C(=O)CC1CCC(C)(C)C(O)(C2=CC=C(Cl)CC2)CC1. The largest absolute Gasteiger partial charge is 0.385 e. The summed E-state index contributed by atoms with van der Waals surface area (Å²) in [6, 6.07) is 9.47. The first-order chi connectivity index (χ1) is 16.5. The number of hydrogen-bond donors (Lipinski definition) is 2. The number of hydrogen-bond acceptors (Lipinski definition) is 3. The van der Waals surface area contributed by atoms with Crippen LogP contribution >= 0.6 is 11.6 Å². The second-order valence-electron chi connectivity index (χ2n) is 11.4. The van der Waals surface area contributed by atoms with Crippen molar-refractivity contribution in [3.05, 3.63) is 58.7 Å². The molecule has 5 heteroatoms. The molecule has 1 aromatic carbocycles. The van der Waals surface area contributed by atoms with Gasteiger partial charge in [-0.1, -0.05) is 75.7 Å². The lowest BCUT2D eigenvalue weighted by Crippen LogP contribution is -2.46. The van der Waals surface area contributed by atoms with Crippen molar-refractivity contribution in [2.45, 2.75) is 97.1 Å². The van der Waals surface area contributed by atoms with Crippen molar-refractivity contribution < 1.29 is 14.7 Å². The summed E-state index contributed by atoms with van der Waals surface area (Å²) in [7, 11) is 0. The van der Waals surface area contributed by atoms with Gasteiger partial charge in [-0.25, -0.2) is 0 Å². The van der Waals surface area contributed by atoms with Crippen LogP contribution in [0.1, 0.15) is 84.6 Å². The van der Waals surface area contributed by atoms with E-state index in [4.69, 9.17) is 11.6 Å². The normalized spacial score (nSPS) is 25.3. The molecule has 35 heavy (non-hydrogen) atoms. The van der Waals surface area contributed by atoms with Gasteiger partial charge in [0.05, 0.1) is 11.6 Å². The van der Waals surface area contributed by atoms with E-state index in [2.05, 4.69) is 19.2 Å². The molecule has 0 aliphatic heterocycles. The van der Waals surface area contributed by atoms with E-state index in [0.717, 1.165) is 48.3 Å². The smallest absolute Gasteiger partial charge is 0.220 e. The van der Waals surface area contributed by atoms with Crippen LogP contribution in [0.5, 0.6) is 0 Å². The maximum Gasteiger partial charge on any atom is 0.220 e. The number of carbonyl (C=O) groups excluding carboxylic acids is 2. The summed E-state index contributed by atoms with van der Waals surface area (Å²) in [6.45, 7) is 8.26. The fourth-order valence-electron chi connectivity index (χ4n) is 5.60. The number of Topliss-reactive ketones (excluding diaryl/α,β-unsaturated/α-hetero) is 1. The highest BCUT2D eigenvalue weighted by molar-refractivity contribution is 6.29. The Morgan fingerprint density at radius 2 is 1.77 bits per heavy atom. The summed E-state index contributed by atoms with van der Waals surface area (Å²) >= 11 is 6.16. The minimum absolute atomic E-state index is 0.0336. The summed E-state index contributed by atoms with van der Waals surface area (Å²) in [5, 5.41) is 15.7. The Morgan fingerprint density at radius 3 is 2.40 bits per heavy atom. The van der Waals surface area contributed by atoms with Gasteiger partial charge in [-0.05, 0) is 79.4 Å². The lowest BCUT2D eigenvalue weighted by molar-refractivity contribution is -0.129. The topological polar surface area (TPSA) is 66.4 Å². The van der Waals surface area contributed by atoms with Gasteiger partial charge in [0.25, 0.3) is 0 Å². The first-order valence-electron chi connectivity index (χ1n) is 13.2. The molecule has 0 bridgehead atoms. The molecule has 1 amide bonds. The molecule has 2 aliphatic rings. The van der Waals surface area contributed by atoms with E-state index in [1.54, 1.807) is 0 Å². The first-order valence-corrected chi connectivity index (χ1v) is 13.5. The van der Waals surface area contributed by atoms with E-state index in [-0.39, 0.29) is 28.9 Å². The number of amides is 1. The number of carbonyl (C=O) groups is 2. The molecule has 0 aromatic heterocycles. The van der Waals surface area contributed by atoms with Crippen molar-refractivity contribution in [1.82, 2.24) is 5.32 Å². The summed E-state index contributed by atoms with van der Waals surface area (Å²) in [5.41, 5.74) is 1.01. The number of allylic oxidation sites excluding steroid dienone is 3. The number of ketones is 1. The van der Waals surface area contributed by atoms with Crippen LogP contribution in [-0.2, 0) is 16.0 Å². The van der Waals surface area contributed by atoms with Gasteiger partial charge < -0.3 is 10.4 Å². The Morgan fingerprint density at radius 1 is 1.09 bits per heavy atom. The molecular formula is C30H42ClNO3. The van der Waals surface area contributed by atoms with Crippen LogP contribution in [0.15, 0.2) is 53.1 Å². The van der Waals surface area contributed by atoms with Crippen LogP contribution in [-0.4, -0.2) is 28.4 Å². The molecule has 3 unspecified atom stereocenters. The Labute approximate surface area is 216 Å². The van der Waals surface area contributed by atoms with Crippen molar-refractivity contribution in [2.24, 2.45) is 17.3 Å². The minimum atomic E-state index is -0.887. The highest BCUT2D eigenvalue weighted by Gasteiger charge is 2.48. The molecule has 1 aromatic rings. The maximum absolute atomic E-state index is 13.3. The second kappa shape index (κ2) is 11.9. The molecule has 2 aliphatic carbocycles. The van der Waals surface area contributed by atoms with Crippen molar-refractivity contribution in [3.8, 4) is 0 Å². The summed E-state index contributed by atoms with van der Waals surface area (Å²) in [4.78, 5) is 26.0. The first kappa shape index (κ1) is 27.7. The van der Waals surface area contributed by atoms with Crippen molar-refractivity contribution >= 4 is 23.3 Å². The number of halogens is 1. The van der Waals surface area contributed by atoms with E-state index < -0.39 is 11.6 Å². The summed E-state index contributed by atoms with van der Waals surface area (Å²) < 4.78 is 0. The average Bonchev–Trinajstić information content (AvgIpc) is 2.93. The molecule has 3 atom stereocenters. The molecule has 0 spiro atoms. The van der Waals surface area contributed by atoms with Gasteiger partial charge in [0.15, 0.2) is 5.78 Å². The number of benzene rings is 1. The van der Waals surface area contributed by atoms with Crippen LogP contribution < -0.4 is 5.32 Å². The third-order valence-corrected chi connectivity index (χ3v) is 8.46. The number of aliphatic hydroxyl groups is 1. The molecule has 192 valence electrons. The minimum Gasteiger partial charge on any atom is -0.385 e. The van der Waals surface area contributed by atoms with Crippen LogP contribution in [0.4, 0.5) is 0 Å². The van der Waals surface area contributed by atoms with Crippen LogP contribution in [0.25, 0.3) is 0 Å². The molecule has 0 saturated heterocycles. The molecule has 1 saturated carbocycles. The summed E-state index contributed by atoms with van der Waals surface area (Å²) in [5.74, 6) is 0.272. The standard InChI is InChI=1S/C30H42ClNO3/c1-21(2)28(32-27(34)15-10-22-8-6-5-7-9-22)26(33)20-23-16-18-29(3,4)30(35,19-17-23)24-11-13-25(31)14-12-24/h5-9,11,13,21,23,28,35H,10,12,14-20H2,1-4H3,(H,32,34). The monoisotopic (exact) mass is 499 g/mol. The Kier molecular flexibility index (Phi) is 9.40. The molecule has 0 radical (unpaired) electrons. The highest BCUT2D eigenvalue weighted by atomic mass is 35.5. The van der Waals surface area contributed by atoms with Gasteiger partial charge in [0.1, 0.15) is 0 Å². The van der Waals surface area contributed by atoms with Crippen LogP contribution in [0.3, 0.4) is 0 Å². The molecule has 4 nitrogen and oxygen atoms in total. The van der Waals surface area contributed by atoms with Gasteiger partial charge in [-0.2, -0.15) is 0 Å². The lowest BCUT2D eigenvalue weighted by atomic mass is 9.66. The van der Waals surface area contributed by atoms with Gasteiger partial charge in [0, 0.05) is 17.9 Å². The highest BCUT2D eigenvalue weighted by Crippen LogP contribution is 2.50. The Hall–Kier alpha value is -1.91. The molecular weight excluding hydrogens is 458 g/mol. The quantitative estimate of drug-likeness (QED) is 0.380. The van der Waals surface area contributed by atoms with E-state index in [0.29, 0.717) is 25.7 Å². The molecule has 2 N–H and O–H groups in total. The van der Waals surface area contributed by atoms with Crippen LogP contribution in [0.2, 0.25) is 0 Å². The van der Waals surface area contributed by atoms with Gasteiger partial charge >= 0.3 is 0 Å².